The summed E-state index contributed by atoms with van der Waals surface area (Å²) in [5, 5.41) is 13.3. The highest BCUT2D eigenvalue weighted by Gasteiger charge is 2.09. The molecule has 0 heterocycles. The van der Waals surface area contributed by atoms with E-state index in [0.717, 1.165) is 20.7 Å². The van der Waals surface area contributed by atoms with Crippen molar-refractivity contribution in [1.29, 1.82) is 0 Å². The van der Waals surface area contributed by atoms with Gasteiger partial charge in [-0.25, -0.2) is 0 Å². The van der Waals surface area contributed by atoms with E-state index in [1.54, 1.807) is 12.1 Å². The summed E-state index contributed by atoms with van der Waals surface area (Å²) in [6.45, 7) is 2.04. The number of anilines is 1. The Labute approximate surface area is 120 Å². The highest BCUT2D eigenvalue weighted by Crippen LogP contribution is 2.28. The standard InChI is InChI=1S/C14H13BrClNO/c1-9(13-7-2-10(15)8-14(13)16)17-11-3-5-12(18)6-4-11/h2-9,17-18H,1H3. The molecule has 0 aliphatic rings. The molecule has 0 radical (unpaired) electrons. The van der Waals surface area contributed by atoms with Crippen molar-refractivity contribution >= 4 is 33.2 Å². The summed E-state index contributed by atoms with van der Waals surface area (Å²) in [4.78, 5) is 0. The number of halogens is 2. The number of benzene rings is 2. The zero-order valence-electron chi connectivity index (χ0n) is 9.82. The van der Waals surface area contributed by atoms with Crippen molar-refractivity contribution in [2.75, 3.05) is 5.32 Å². The maximum atomic E-state index is 9.23. The molecule has 0 aliphatic carbocycles. The van der Waals surface area contributed by atoms with E-state index in [4.69, 9.17) is 11.6 Å². The zero-order valence-corrected chi connectivity index (χ0v) is 12.2. The van der Waals surface area contributed by atoms with Crippen LogP contribution in [0.1, 0.15) is 18.5 Å². The van der Waals surface area contributed by atoms with Gasteiger partial charge in [0.15, 0.2) is 0 Å². The second kappa shape index (κ2) is 5.63. The highest BCUT2D eigenvalue weighted by molar-refractivity contribution is 9.10. The molecular formula is C14H13BrClNO. The Balaban J connectivity index is 2.16. The Bertz CT molecular complexity index is 542. The maximum absolute atomic E-state index is 9.23. The second-order valence-corrected chi connectivity index (χ2v) is 5.40. The number of hydrogen-bond donors (Lipinski definition) is 2. The van der Waals surface area contributed by atoms with Crippen molar-refractivity contribution in [3.05, 3.63) is 57.5 Å². The molecule has 0 aliphatic heterocycles. The molecule has 2 aromatic rings. The Kier molecular flexibility index (Phi) is 4.15. The molecule has 18 heavy (non-hydrogen) atoms. The third-order valence-electron chi connectivity index (χ3n) is 2.68. The second-order valence-electron chi connectivity index (χ2n) is 4.08. The summed E-state index contributed by atoms with van der Waals surface area (Å²) in [7, 11) is 0. The third-order valence-corrected chi connectivity index (χ3v) is 3.50. The van der Waals surface area contributed by atoms with E-state index >= 15 is 0 Å². The van der Waals surface area contributed by atoms with E-state index in [1.807, 2.05) is 37.3 Å². The Hall–Kier alpha value is -1.19. The zero-order chi connectivity index (χ0) is 13.1. The summed E-state index contributed by atoms with van der Waals surface area (Å²) in [6, 6.07) is 12.9. The average molecular weight is 327 g/mol. The fraction of sp³-hybridized carbons (Fsp3) is 0.143. The summed E-state index contributed by atoms with van der Waals surface area (Å²) in [5.41, 5.74) is 1.98. The minimum Gasteiger partial charge on any atom is -0.508 e. The first-order chi connectivity index (χ1) is 8.56. The molecule has 0 bridgehead atoms. The minimum absolute atomic E-state index is 0.0927. The molecule has 0 saturated carbocycles. The fourth-order valence-electron chi connectivity index (χ4n) is 1.74. The number of nitrogens with one attached hydrogen (secondary N) is 1. The van der Waals surface area contributed by atoms with Crippen molar-refractivity contribution < 1.29 is 5.11 Å². The number of hydrogen-bond acceptors (Lipinski definition) is 2. The van der Waals surface area contributed by atoms with Crippen LogP contribution in [0, 0.1) is 0 Å². The average Bonchev–Trinajstić information content (AvgIpc) is 2.32. The van der Waals surface area contributed by atoms with E-state index in [1.165, 1.54) is 0 Å². The van der Waals surface area contributed by atoms with Crippen molar-refractivity contribution in [2.45, 2.75) is 13.0 Å². The van der Waals surface area contributed by atoms with Gasteiger partial charge < -0.3 is 10.4 Å². The van der Waals surface area contributed by atoms with Crippen LogP contribution in [0.2, 0.25) is 5.02 Å². The molecule has 0 aromatic heterocycles. The van der Waals surface area contributed by atoms with Crippen LogP contribution in [0.5, 0.6) is 5.75 Å². The maximum Gasteiger partial charge on any atom is 0.115 e. The van der Waals surface area contributed by atoms with Crippen LogP contribution in [-0.2, 0) is 0 Å². The first-order valence-electron chi connectivity index (χ1n) is 5.57. The molecule has 2 aromatic carbocycles. The molecule has 1 atom stereocenters. The van der Waals surface area contributed by atoms with Crippen LogP contribution in [0.25, 0.3) is 0 Å². The van der Waals surface area contributed by atoms with Gasteiger partial charge in [-0.05, 0) is 48.9 Å². The number of rotatable bonds is 3. The van der Waals surface area contributed by atoms with E-state index in [2.05, 4.69) is 21.2 Å². The Morgan fingerprint density at radius 1 is 1.17 bits per heavy atom. The molecule has 2 N–H and O–H groups in total. The van der Waals surface area contributed by atoms with Gasteiger partial charge in [0.1, 0.15) is 5.75 Å². The van der Waals surface area contributed by atoms with Crippen LogP contribution in [0.3, 0.4) is 0 Å². The summed E-state index contributed by atoms with van der Waals surface area (Å²) < 4.78 is 0.966. The van der Waals surface area contributed by atoms with Crippen LogP contribution < -0.4 is 5.32 Å². The van der Waals surface area contributed by atoms with E-state index in [-0.39, 0.29) is 11.8 Å². The molecule has 0 fully saturated rings. The largest absolute Gasteiger partial charge is 0.508 e. The van der Waals surface area contributed by atoms with Crippen LogP contribution in [0.15, 0.2) is 46.9 Å². The van der Waals surface area contributed by atoms with Gasteiger partial charge >= 0.3 is 0 Å². The monoisotopic (exact) mass is 325 g/mol. The summed E-state index contributed by atoms with van der Waals surface area (Å²) in [6.07, 6.45) is 0. The molecule has 4 heteroatoms. The number of phenols is 1. The van der Waals surface area contributed by atoms with Gasteiger partial charge in [0.25, 0.3) is 0 Å². The normalized spacial score (nSPS) is 12.2. The lowest BCUT2D eigenvalue weighted by Gasteiger charge is -2.17. The van der Waals surface area contributed by atoms with E-state index < -0.39 is 0 Å². The minimum atomic E-state index is 0.0927. The van der Waals surface area contributed by atoms with Crippen LogP contribution in [0.4, 0.5) is 5.69 Å². The van der Waals surface area contributed by atoms with Gasteiger partial charge in [0.05, 0.1) is 0 Å². The molecule has 2 rings (SSSR count). The SMILES string of the molecule is CC(Nc1ccc(O)cc1)c1ccc(Br)cc1Cl. The molecule has 0 saturated heterocycles. The van der Waals surface area contributed by atoms with Crippen LogP contribution >= 0.6 is 27.5 Å². The molecule has 2 nitrogen and oxygen atoms in total. The van der Waals surface area contributed by atoms with Gasteiger partial charge in [0.2, 0.25) is 0 Å². The molecule has 94 valence electrons. The van der Waals surface area contributed by atoms with Gasteiger partial charge in [-0.15, -0.1) is 0 Å². The van der Waals surface area contributed by atoms with Crippen molar-refractivity contribution in [3.63, 3.8) is 0 Å². The first kappa shape index (κ1) is 13.2. The summed E-state index contributed by atoms with van der Waals surface area (Å²) in [5.74, 6) is 0.259. The molecule has 1 unspecified atom stereocenters. The fourth-order valence-corrected chi connectivity index (χ4v) is 2.58. The topological polar surface area (TPSA) is 32.3 Å². The van der Waals surface area contributed by atoms with Gasteiger partial charge in [-0.2, -0.15) is 0 Å². The van der Waals surface area contributed by atoms with Crippen molar-refractivity contribution in [3.8, 4) is 5.75 Å². The predicted octanol–water partition coefficient (Wildman–Crippen LogP) is 4.98. The molecular weight excluding hydrogens is 314 g/mol. The lowest BCUT2D eigenvalue weighted by atomic mass is 10.1. The lowest BCUT2D eigenvalue weighted by molar-refractivity contribution is 0.475. The third kappa shape index (κ3) is 3.18. The van der Waals surface area contributed by atoms with Crippen molar-refractivity contribution in [2.24, 2.45) is 0 Å². The quantitative estimate of drug-likeness (QED) is 0.780. The summed E-state index contributed by atoms with van der Waals surface area (Å²) >= 11 is 9.59. The van der Waals surface area contributed by atoms with Crippen molar-refractivity contribution in [1.82, 2.24) is 0 Å². The molecule has 0 amide bonds. The predicted molar refractivity (Wildman–Crippen MR) is 79.3 cm³/mol. The lowest BCUT2D eigenvalue weighted by Crippen LogP contribution is -2.06. The van der Waals surface area contributed by atoms with E-state index in [9.17, 15) is 5.11 Å². The molecule has 0 spiro atoms. The van der Waals surface area contributed by atoms with Gasteiger partial charge in [-0.1, -0.05) is 33.6 Å². The van der Waals surface area contributed by atoms with Gasteiger partial charge in [0, 0.05) is 21.2 Å². The van der Waals surface area contributed by atoms with E-state index in [0.29, 0.717) is 0 Å². The Morgan fingerprint density at radius 3 is 2.44 bits per heavy atom. The number of phenolic OH excluding ortho intramolecular Hbond substituents is 1. The smallest absolute Gasteiger partial charge is 0.115 e. The van der Waals surface area contributed by atoms with Gasteiger partial charge in [-0.3, -0.25) is 0 Å². The highest BCUT2D eigenvalue weighted by atomic mass is 79.9. The Morgan fingerprint density at radius 2 is 1.83 bits per heavy atom. The van der Waals surface area contributed by atoms with Crippen LogP contribution in [-0.4, -0.2) is 5.11 Å². The first-order valence-corrected chi connectivity index (χ1v) is 6.74. The number of aromatic hydroxyl groups is 1.